The Labute approximate surface area is 222 Å². The summed E-state index contributed by atoms with van der Waals surface area (Å²) in [6.45, 7) is 4.58. The van der Waals surface area contributed by atoms with Crippen molar-refractivity contribution in [1.29, 1.82) is 0 Å². The van der Waals surface area contributed by atoms with Crippen molar-refractivity contribution in [3.8, 4) is 11.1 Å². The number of carbonyl (C=O) groups is 2. The Morgan fingerprint density at radius 2 is 1.74 bits per heavy atom. The number of carbonyl (C=O) groups excluding carboxylic acids is 2. The molecule has 2 heterocycles. The van der Waals surface area contributed by atoms with Gasteiger partial charge in [0.2, 0.25) is 0 Å². The highest BCUT2D eigenvalue weighted by molar-refractivity contribution is 6.08. The Bertz CT molecular complexity index is 1270. The molecule has 2 N–H and O–H groups in total. The Morgan fingerprint density at radius 3 is 2.37 bits per heavy atom. The smallest absolute Gasteiger partial charge is 0.275 e. The van der Waals surface area contributed by atoms with Gasteiger partial charge >= 0.3 is 0 Å². The van der Waals surface area contributed by atoms with Gasteiger partial charge in [-0.05, 0) is 81.3 Å². The summed E-state index contributed by atoms with van der Waals surface area (Å²) in [5.41, 5.74) is 4.86. The predicted octanol–water partition coefficient (Wildman–Crippen LogP) is 3.65. The molecule has 1 amide bonds. The van der Waals surface area contributed by atoms with Crippen molar-refractivity contribution in [3.63, 3.8) is 0 Å². The van der Waals surface area contributed by atoms with Crippen LogP contribution in [0.1, 0.15) is 67.3 Å². The summed E-state index contributed by atoms with van der Waals surface area (Å²) < 4.78 is 15.9. The molecule has 0 bridgehead atoms. The molecule has 202 valence electrons. The number of aromatic nitrogens is 1. The number of para-hydroxylation sites is 1. The number of carboxylic acids is 1. The molecule has 2 atom stereocenters. The van der Waals surface area contributed by atoms with Crippen LogP contribution in [0.3, 0.4) is 0 Å². The van der Waals surface area contributed by atoms with E-state index in [2.05, 4.69) is 0 Å². The number of rotatable bonds is 10. The number of benzene rings is 2. The summed E-state index contributed by atoms with van der Waals surface area (Å²) in [6.07, 6.45) is -0.738. The van der Waals surface area contributed by atoms with Crippen molar-refractivity contribution >= 4 is 17.6 Å². The van der Waals surface area contributed by atoms with E-state index in [4.69, 9.17) is 0 Å². The number of aliphatic hydroxyl groups is 2. The molecular formula is C30H34FN2O5-. The second-order valence-corrected chi connectivity index (χ2v) is 10.2. The monoisotopic (exact) mass is 521 g/mol. The van der Waals surface area contributed by atoms with E-state index in [1.165, 1.54) is 12.1 Å². The summed E-state index contributed by atoms with van der Waals surface area (Å²) in [7, 11) is 0. The van der Waals surface area contributed by atoms with Crippen LogP contribution in [0, 0.1) is 5.82 Å². The molecule has 0 radical (unpaired) electrons. The minimum Gasteiger partial charge on any atom is -0.550 e. The highest BCUT2D eigenvalue weighted by atomic mass is 19.1. The van der Waals surface area contributed by atoms with Crippen LogP contribution in [0.2, 0.25) is 0 Å². The standard InChI is InChI=1S/C30H35FN2O5/c1-19(2)33-26(15-14-23(34)17-24(35)18-27(36)37)28(20-10-12-21(31)13-11-20)25-9-6-16-32(30(38)29(25)33)22-7-4-3-5-8-22/h3-5,7-8,10-13,19,23-24,34-35H,6,9,14-18H2,1-2H3,(H,36,37)/p-1/t23-,24-/m1/s1. The molecule has 2 aromatic carbocycles. The molecule has 3 aromatic rings. The number of hydrogen-bond acceptors (Lipinski definition) is 5. The van der Waals surface area contributed by atoms with Crippen molar-refractivity contribution in [2.75, 3.05) is 11.4 Å². The van der Waals surface area contributed by atoms with Crippen LogP contribution in [-0.2, 0) is 17.6 Å². The molecule has 1 aromatic heterocycles. The van der Waals surface area contributed by atoms with Gasteiger partial charge in [-0.25, -0.2) is 4.39 Å². The zero-order valence-corrected chi connectivity index (χ0v) is 21.8. The average molecular weight is 522 g/mol. The van der Waals surface area contributed by atoms with Gasteiger partial charge in [-0.1, -0.05) is 30.3 Å². The van der Waals surface area contributed by atoms with Crippen LogP contribution in [0.25, 0.3) is 11.1 Å². The van der Waals surface area contributed by atoms with Crippen LogP contribution in [0.4, 0.5) is 10.1 Å². The van der Waals surface area contributed by atoms with E-state index in [1.807, 2.05) is 48.7 Å². The van der Waals surface area contributed by atoms with Crippen LogP contribution < -0.4 is 10.0 Å². The first-order chi connectivity index (χ1) is 18.2. The van der Waals surface area contributed by atoms with E-state index < -0.39 is 24.6 Å². The minimum absolute atomic E-state index is 0.0755. The van der Waals surface area contributed by atoms with Gasteiger partial charge in [-0.15, -0.1) is 0 Å². The van der Waals surface area contributed by atoms with Gasteiger partial charge in [0.1, 0.15) is 11.5 Å². The summed E-state index contributed by atoms with van der Waals surface area (Å²) in [6, 6.07) is 15.7. The summed E-state index contributed by atoms with van der Waals surface area (Å²) in [4.78, 5) is 26.7. The maximum absolute atomic E-state index is 14.1. The lowest BCUT2D eigenvalue weighted by Gasteiger charge is -2.24. The first kappa shape index (κ1) is 27.5. The number of carboxylic acid groups (broad SMARTS) is 1. The summed E-state index contributed by atoms with van der Waals surface area (Å²) >= 11 is 0. The molecule has 38 heavy (non-hydrogen) atoms. The lowest BCUT2D eigenvalue weighted by molar-refractivity contribution is -0.307. The number of nitrogens with zero attached hydrogens (tertiary/aromatic N) is 2. The van der Waals surface area contributed by atoms with Gasteiger partial charge < -0.3 is 29.6 Å². The third kappa shape index (κ3) is 5.97. The average Bonchev–Trinajstić information content (AvgIpc) is 3.10. The zero-order chi connectivity index (χ0) is 27.4. The van der Waals surface area contributed by atoms with Gasteiger partial charge in [0.05, 0.1) is 12.2 Å². The van der Waals surface area contributed by atoms with Crippen molar-refractivity contribution in [2.24, 2.45) is 0 Å². The third-order valence-electron chi connectivity index (χ3n) is 7.04. The molecule has 1 aliphatic rings. The van der Waals surface area contributed by atoms with E-state index >= 15 is 0 Å². The van der Waals surface area contributed by atoms with Crippen LogP contribution in [0.5, 0.6) is 0 Å². The lowest BCUT2D eigenvalue weighted by atomic mass is 9.94. The molecule has 1 aliphatic heterocycles. The van der Waals surface area contributed by atoms with Crippen molar-refractivity contribution in [3.05, 3.63) is 77.4 Å². The molecule has 4 rings (SSSR count). The Kier molecular flexibility index (Phi) is 8.64. The fourth-order valence-corrected chi connectivity index (χ4v) is 5.45. The highest BCUT2D eigenvalue weighted by Crippen LogP contribution is 2.39. The third-order valence-corrected chi connectivity index (χ3v) is 7.04. The van der Waals surface area contributed by atoms with Gasteiger partial charge in [0.25, 0.3) is 5.91 Å². The molecule has 0 unspecified atom stereocenters. The second-order valence-electron chi connectivity index (χ2n) is 10.2. The van der Waals surface area contributed by atoms with Crippen LogP contribution >= 0.6 is 0 Å². The molecule has 7 nitrogen and oxygen atoms in total. The molecule has 0 saturated carbocycles. The molecule has 8 heteroatoms. The van der Waals surface area contributed by atoms with Crippen molar-refractivity contribution in [2.45, 2.75) is 70.6 Å². The van der Waals surface area contributed by atoms with Gasteiger partial charge in [-0.2, -0.15) is 0 Å². The first-order valence-corrected chi connectivity index (χ1v) is 13.1. The van der Waals surface area contributed by atoms with E-state index in [0.29, 0.717) is 25.1 Å². The van der Waals surface area contributed by atoms with Crippen LogP contribution in [-0.4, -0.2) is 45.4 Å². The molecule has 0 aliphatic carbocycles. The minimum atomic E-state index is -1.37. The van der Waals surface area contributed by atoms with E-state index in [1.54, 1.807) is 17.0 Å². The quantitative estimate of drug-likeness (QED) is 0.424. The number of aliphatic hydroxyl groups excluding tert-OH is 2. The van der Waals surface area contributed by atoms with Crippen molar-refractivity contribution < 1.29 is 29.3 Å². The zero-order valence-electron chi connectivity index (χ0n) is 21.8. The predicted molar refractivity (Wildman–Crippen MR) is 141 cm³/mol. The number of fused-ring (bicyclic) bond motifs is 1. The number of aliphatic carboxylic acids is 1. The Hall–Kier alpha value is -3.49. The SMILES string of the molecule is CC(C)n1c(CC[C@@H](O)C[C@@H](O)CC(=O)[O-])c(-c2ccc(F)cc2)c2c1C(=O)N(c1ccccc1)CCC2. The van der Waals surface area contributed by atoms with E-state index in [9.17, 15) is 29.3 Å². The molecule has 0 saturated heterocycles. The molecular weight excluding hydrogens is 487 g/mol. The van der Waals surface area contributed by atoms with Crippen LogP contribution in [0.15, 0.2) is 54.6 Å². The fourth-order valence-electron chi connectivity index (χ4n) is 5.45. The summed E-state index contributed by atoms with van der Waals surface area (Å²) in [5.74, 6) is -1.83. The number of anilines is 1. The molecule has 0 spiro atoms. The molecule has 0 fully saturated rings. The number of amides is 1. The van der Waals surface area contributed by atoms with Gasteiger partial charge in [0.15, 0.2) is 0 Å². The summed E-state index contributed by atoms with van der Waals surface area (Å²) in [5, 5.41) is 31.4. The maximum Gasteiger partial charge on any atom is 0.275 e. The van der Waals surface area contributed by atoms with E-state index in [-0.39, 0.29) is 30.6 Å². The highest BCUT2D eigenvalue weighted by Gasteiger charge is 2.34. The fraction of sp³-hybridized carbons (Fsp3) is 0.400. The number of hydrogen-bond donors (Lipinski definition) is 2. The van der Waals surface area contributed by atoms with Gasteiger partial charge in [0, 0.05) is 41.9 Å². The second kappa shape index (κ2) is 11.9. The van der Waals surface area contributed by atoms with Gasteiger partial charge in [-0.3, -0.25) is 4.79 Å². The maximum atomic E-state index is 14.1. The number of halogens is 1. The Morgan fingerprint density at radius 1 is 1.05 bits per heavy atom. The normalized spacial score (nSPS) is 15.3. The lowest BCUT2D eigenvalue weighted by Crippen LogP contribution is -2.33. The topological polar surface area (TPSA) is 106 Å². The van der Waals surface area contributed by atoms with E-state index in [0.717, 1.165) is 34.5 Å². The largest absolute Gasteiger partial charge is 0.550 e. The Balaban J connectivity index is 1.79. The first-order valence-electron chi connectivity index (χ1n) is 13.1. The van der Waals surface area contributed by atoms with Crippen molar-refractivity contribution in [1.82, 2.24) is 4.57 Å².